The third kappa shape index (κ3) is 3.79. The Morgan fingerprint density at radius 2 is 1.64 bits per heavy atom. The van der Waals surface area contributed by atoms with Crippen LogP contribution in [0.1, 0.15) is 36.6 Å². The van der Waals surface area contributed by atoms with Gasteiger partial charge in [-0.15, -0.1) is 0 Å². The van der Waals surface area contributed by atoms with Crippen molar-refractivity contribution < 1.29 is 19.0 Å². The van der Waals surface area contributed by atoms with Gasteiger partial charge in [0.15, 0.2) is 5.60 Å². The van der Waals surface area contributed by atoms with Gasteiger partial charge in [-0.3, -0.25) is 0 Å². The first-order chi connectivity index (χ1) is 13.5. The molecule has 0 aliphatic rings. The number of ether oxygens (including phenoxy) is 3. The van der Waals surface area contributed by atoms with Crippen molar-refractivity contribution in [2.45, 2.75) is 32.2 Å². The average Bonchev–Trinajstić information content (AvgIpc) is 2.73. The standard InChI is InChI=1S/C24H26O4/c1-17(20-13-7-6-11-19(20)16-26-3)28-23(25)24(2,27-4)22-15-9-12-18-10-5-8-14-21(18)22/h5-15,17H,16H2,1-4H3/t17?,24-/m0/s1. The molecule has 4 heteroatoms. The van der Waals surface area contributed by atoms with Crippen molar-refractivity contribution in [3.8, 4) is 0 Å². The molecule has 0 saturated heterocycles. The molecule has 0 amide bonds. The molecule has 4 nitrogen and oxygen atoms in total. The van der Waals surface area contributed by atoms with E-state index < -0.39 is 17.7 Å². The Morgan fingerprint density at radius 1 is 0.964 bits per heavy atom. The Balaban J connectivity index is 1.93. The molecule has 2 atom stereocenters. The molecule has 28 heavy (non-hydrogen) atoms. The van der Waals surface area contributed by atoms with Crippen molar-refractivity contribution in [3.05, 3.63) is 83.4 Å². The van der Waals surface area contributed by atoms with E-state index in [0.717, 1.165) is 27.5 Å². The van der Waals surface area contributed by atoms with Gasteiger partial charge in [0, 0.05) is 19.8 Å². The molecule has 0 aliphatic carbocycles. The van der Waals surface area contributed by atoms with Crippen LogP contribution in [0.5, 0.6) is 0 Å². The number of hydrogen-bond acceptors (Lipinski definition) is 4. The van der Waals surface area contributed by atoms with Crippen molar-refractivity contribution in [1.29, 1.82) is 0 Å². The summed E-state index contributed by atoms with van der Waals surface area (Å²) in [4.78, 5) is 13.2. The zero-order chi connectivity index (χ0) is 20.1. The summed E-state index contributed by atoms with van der Waals surface area (Å²) in [7, 11) is 3.18. The molecule has 0 N–H and O–H groups in total. The smallest absolute Gasteiger partial charge is 0.343 e. The minimum absolute atomic E-state index is 0.425. The van der Waals surface area contributed by atoms with Crippen LogP contribution in [0, 0.1) is 0 Å². The molecule has 0 radical (unpaired) electrons. The number of carbonyl (C=O) groups is 1. The lowest BCUT2D eigenvalue weighted by molar-refractivity contribution is -0.173. The summed E-state index contributed by atoms with van der Waals surface area (Å²) in [5.74, 6) is -0.425. The first-order valence-electron chi connectivity index (χ1n) is 9.32. The van der Waals surface area contributed by atoms with Gasteiger partial charge < -0.3 is 14.2 Å². The summed E-state index contributed by atoms with van der Waals surface area (Å²) < 4.78 is 16.8. The van der Waals surface area contributed by atoms with Crippen molar-refractivity contribution in [2.75, 3.05) is 14.2 Å². The van der Waals surface area contributed by atoms with E-state index in [1.54, 1.807) is 14.0 Å². The van der Waals surface area contributed by atoms with E-state index in [2.05, 4.69) is 0 Å². The zero-order valence-electron chi connectivity index (χ0n) is 16.8. The number of carbonyl (C=O) groups excluding carboxylic acids is 1. The lowest BCUT2D eigenvalue weighted by Crippen LogP contribution is -2.37. The third-order valence-corrected chi connectivity index (χ3v) is 5.18. The Kier molecular flexibility index (Phi) is 6.12. The Hall–Kier alpha value is -2.69. The van der Waals surface area contributed by atoms with Gasteiger partial charge in [-0.1, -0.05) is 66.7 Å². The van der Waals surface area contributed by atoms with E-state index in [9.17, 15) is 4.79 Å². The van der Waals surface area contributed by atoms with Crippen molar-refractivity contribution in [1.82, 2.24) is 0 Å². The highest BCUT2D eigenvalue weighted by molar-refractivity contribution is 5.92. The summed E-state index contributed by atoms with van der Waals surface area (Å²) in [6.07, 6.45) is -0.427. The number of benzene rings is 3. The lowest BCUT2D eigenvalue weighted by Gasteiger charge is -2.29. The van der Waals surface area contributed by atoms with Gasteiger partial charge in [-0.2, -0.15) is 0 Å². The van der Waals surface area contributed by atoms with E-state index in [-0.39, 0.29) is 0 Å². The zero-order valence-corrected chi connectivity index (χ0v) is 16.8. The molecular weight excluding hydrogens is 352 g/mol. The van der Waals surface area contributed by atoms with Gasteiger partial charge >= 0.3 is 5.97 Å². The molecule has 0 bridgehead atoms. The highest BCUT2D eigenvalue weighted by Gasteiger charge is 2.39. The predicted octanol–water partition coefficient (Wildman–Crippen LogP) is 5.15. The minimum Gasteiger partial charge on any atom is -0.455 e. The summed E-state index contributed by atoms with van der Waals surface area (Å²) in [5, 5.41) is 2.02. The van der Waals surface area contributed by atoms with Crippen molar-refractivity contribution in [2.24, 2.45) is 0 Å². The fraction of sp³-hybridized carbons (Fsp3) is 0.292. The Bertz CT molecular complexity index is 960. The molecule has 0 saturated carbocycles. The van der Waals surface area contributed by atoms with Crippen LogP contribution in [-0.2, 0) is 31.2 Å². The first kappa shape index (κ1) is 20.1. The topological polar surface area (TPSA) is 44.8 Å². The average molecular weight is 378 g/mol. The van der Waals surface area contributed by atoms with Gasteiger partial charge in [0.25, 0.3) is 0 Å². The molecule has 0 aliphatic heterocycles. The normalized spacial score (nSPS) is 14.4. The van der Waals surface area contributed by atoms with Gasteiger partial charge in [-0.25, -0.2) is 4.79 Å². The van der Waals surface area contributed by atoms with Gasteiger partial charge in [0.05, 0.1) is 6.61 Å². The minimum atomic E-state index is -1.22. The van der Waals surface area contributed by atoms with Gasteiger partial charge in [0.1, 0.15) is 6.10 Å². The first-order valence-corrected chi connectivity index (χ1v) is 9.32. The quantitative estimate of drug-likeness (QED) is 0.533. The second kappa shape index (κ2) is 8.55. The SMILES string of the molecule is COCc1ccccc1C(C)OC(=O)[C@@](C)(OC)c1cccc2ccccc12. The Morgan fingerprint density at radius 3 is 2.39 bits per heavy atom. The number of esters is 1. The molecule has 0 fully saturated rings. The number of methoxy groups -OCH3 is 2. The summed E-state index contributed by atoms with van der Waals surface area (Å²) in [5.41, 5.74) is 1.49. The van der Waals surface area contributed by atoms with E-state index in [0.29, 0.717) is 6.61 Å². The second-order valence-electron chi connectivity index (χ2n) is 6.94. The van der Waals surface area contributed by atoms with Gasteiger partial charge in [0.2, 0.25) is 0 Å². The highest BCUT2D eigenvalue weighted by atomic mass is 16.6. The second-order valence-corrected chi connectivity index (χ2v) is 6.94. The molecule has 3 aromatic rings. The summed E-state index contributed by atoms with van der Waals surface area (Å²) >= 11 is 0. The largest absolute Gasteiger partial charge is 0.455 e. The van der Waals surface area contributed by atoms with E-state index in [1.165, 1.54) is 7.11 Å². The molecule has 0 aromatic heterocycles. The number of fused-ring (bicyclic) bond motifs is 1. The maximum atomic E-state index is 13.2. The maximum Gasteiger partial charge on any atom is 0.343 e. The van der Waals surface area contributed by atoms with Crippen LogP contribution in [0.4, 0.5) is 0 Å². The molecule has 146 valence electrons. The molecule has 1 unspecified atom stereocenters. The van der Waals surface area contributed by atoms with E-state index in [4.69, 9.17) is 14.2 Å². The molecule has 0 spiro atoms. The van der Waals surface area contributed by atoms with Crippen molar-refractivity contribution in [3.63, 3.8) is 0 Å². The molecule has 3 aromatic carbocycles. The van der Waals surface area contributed by atoms with Gasteiger partial charge in [-0.05, 0) is 35.7 Å². The van der Waals surface area contributed by atoms with Crippen LogP contribution < -0.4 is 0 Å². The monoisotopic (exact) mass is 378 g/mol. The van der Waals surface area contributed by atoms with Crippen LogP contribution in [0.3, 0.4) is 0 Å². The van der Waals surface area contributed by atoms with Crippen LogP contribution in [0.15, 0.2) is 66.7 Å². The van der Waals surface area contributed by atoms with E-state index >= 15 is 0 Å². The molecule has 3 rings (SSSR count). The predicted molar refractivity (Wildman–Crippen MR) is 110 cm³/mol. The fourth-order valence-electron chi connectivity index (χ4n) is 3.50. The maximum absolute atomic E-state index is 13.2. The number of rotatable bonds is 7. The number of hydrogen-bond donors (Lipinski definition) is 0. The summed E-state index contributed by atoms with van der Waals surface area (Å²) in [6, 6.07) is 21.6. The summed E-state index contributed by atoms with van der Waals surface area (Å²) in [6.45, 7) is 4.08. The fourth-order valence-corrected chi connectivity index (χ4v) is 3.50. The molecular formula is C24H26O4. The van der Waals surface area contributed by atoms with E-state index in [1.807, 2.05) is 73.7 Å². The lowest BCUT2D eigenvalue weighted by atomic mass is 9.90. The Labute approximate surface area is 166 Å². The molecule has 0 heterocycles. The van der Waals surface area contributed by atoms with Crippen molar-refractivity contribution >= 4 is 16.7 Å². The van der Waals surface area contributed by atoms with Crippen LogP contribution >= 0.6 is 0 Å². The van der Waals surface area contributed by atoms with Crippen LogP contribution in [-0.4, -0.2) is 20.2 Å². The van der Waals surface area contributed by atoms with Crippen LogP contribution in [0.25, 0.3) is 10.8 Å². The highest BCUT2D eigenvalue weighted by Crippen LogP contribution is 2.34. The third-order valence-electron chi connectivity index (χ3n) is 5.18. The van der Waals surface area contributed by atoms with Crippen LogP contribution in [0.2, 0.25) is 0 Å².